The fourth-order valence-electron chi connectivity index (χ4n) is 4.21. The van der Waals surface area contributed by atoms with E-state index in [-0.39, 0.29) is 19.0 Å². The summed E-state index contributed by atoms with van der Waals surface area (Å²) in [5, 5.41) is 2.96. The molecule has 3 aromatic rings. The van der Waals surface area contributed by atoms with Gasteiger partial charge in [0.15, 0.2) is 0 Å². The predicted molar refractivity (Wildman–Crippen MR) is 132 cm³/mol. The lowest BCUT2D eigenvalue weighted by Gasteiger charge is -2.26. The topological polar surface area (TPSA) is 85.6 Å². The smallest absolute Gasteiger partial charge is 0.317 e. The molecule has 2 aromatic carbocycles. The Hall–Kier alpha value is -3.49. The molecule has 0 bridgehead atoms. The summed E-state index contributed by atoms with van der Waals surface area (Å²) >= 11 is 0. The first-order chi connectivity index (χ1) is 16.6. The van der Waals surface area contributed by atoms with Crippen molar-refractivity contribution in [2.75, 3.05) is 39.4 Å². The summed E-state index contributed by atoms with van der Waals surface area (Å²) in [6, 6.07) is 14.5. The van der Waals surface area contributed by atoms with Crippen LogP contribution in [0.4, 0.5) is 0 Å². The van der Waals surface area contributed by atoms with Gasteiger partial charge in [0.05, 0.1) is 30.8 Å². The number of nitrogens with zero attached hydrogens (tertiary/aromatic N) is 3. The second-order valence-electron chi connectivity index (χ2n) is 8.34. The molecule has 0 unspecified atom stereocenters. The van der Waals surface area contributed by atoms with Gasteiger partial charge in [0.1, 0.15) is 0 Å². The molecule has 0 saturated carbocycles. The Bertz CT molecular complexity index is 1270. The number of fused-ring (bicyclic) bond motifs is 1. The molecule has 0 aliphatic carbocycles. The highest BCUT2D eigenvalue weighted by atomic mass is 16.5. The molecule has 1 N–H and O–H groups in total. The predicted octanol–water partition coefficient (Wildman–Crippen LogP) is 1.85. The third-order valence-corrected chi connectivity index (χ3v) is 6.05. The highest BCUT2D eigenvalue weighted by Gasteiger charge is 2.13. The Labute approximate surface area is 198 Å². The molecule has 0 spiro atoms. The van der Waals surface area contributed by atoms with Crippen molar-refractivity contribution in [2.24, 2.45) is 0 Å². The van der Waals surface area contributed by atoms with Gasteiger partial charge in [-0.3, -0.25) is 28.4 Å². The number of morpholine rings is 1. The Kier molecular flexibility index (Phi) is 7.72. The molecule has 1 amide bonds. The quantitative estimate of drug-likeness (QED) is 0.298. The standard InChI is InChI=1S/C26H30N4O4/c1-2-13-29-22-6-3-4-7-23(22)30(26(33)25(29)32)19-20-8-10-21(11-9-20)24(31)27-12-5-14-28-15-17-34-18-16-28/h2-4,6-11H,1,5,12-19H2,(H,27,31). The maximum absolute atomic E-state index is 12.8. The molecule has 1 aliphatic rings. The van der Waals surface area contributed by atoms with E-state index in [1.807, 2.05) is 36.4 Å². The third-order valence-electron chi connectivity index (χ3n) is 6.05. The van der Waals surface area contributed by atoms with Gasteiger partial charge in [-0.05, 0) is 42.8 Å². The number of allylic oxidation sites excluding steroid dienone is 1. The maximum Gasteiger partial charge on any atom is 0.317 e. The highest BCUT2D eigenvalue weighted by molar-refractivity contribution is 5.94. The number of benzene rings is 2. The van der Waals surface area contributed by atoms with Gasteiger partial charge in [-0.25, -0.2) is 0 Å². The zero-order valence-electron chi connectivity index (χ0n) is 19.2. The second kappa shape index (κ2) is 11.1. The summed E-state index contributed by atoms with van der Waals surface area (Å²) < 4.78 is 8.27. The van der Waals surface area contributed by atoms with E-state index in [4.69, 9.17) is 4.74 Å². The minimum atomic E-state index is -0.581. The molecule has 0 radical (unpaired) electrons. The summed E-state index contributed by atoms with van der Waals surface area (Å²) in [4.78, 5) is 40.3. The van der Waals surface area contributed by atoms with Crippen molar-refractivity contribution in [3.05, 3.63) is 93.0 Å². The SMILES string of the molecule is C=CCn1c(=O)c(=O)n(Cc2ccc(C(=O)NCCCN3CCOCC3)cc2)c2ccccc21. The number of para-hydroxylation sites is 2. The molecule has 1 aromatic heterocycles. The van der Waals surface area contributed by atoms with E-state index >= 15 is 0 Å². The molecule has 4 rings (SSSR count). The lowest BCUT2D eigenvalue weighted by Crippen LogP contribution is -2.41. The van der Waals surface area contributed by atoms with Crippen LogP contribution in [-0.2, 0) is 17.8 Å². The largest absolute Gasteiger partial charge is 0.379 e. The van der Waals surface area contributed by atoms with E-state index in [0.717, 1.165) is 44.8 Å². The minimum absolute atomic E-state index is 0.122. The summed E-state index contributed by atoms with van der Waals surface area (Å²) in [6.07, 6.45) is 2.49. The van der Waals surface area contributed by atoms with Gasteiger partial charge < -0.3 is 10.1 Å². The fourth-order valence-corrected chi connectivity index (χ4v) is 4.21. The first kappa shape index (κ1) is 23.7. The van der Waals surface area contributed by atoms with Gasteiger partial charge in [-0.2, -0.15) is 0 Å². The van der Waals surface area contributed by atoms with Crippen LogP contribution < -0.4 is 16.4 Å². The van der Waals surface area contributed by atoms with Crippen molar-refractivity contribution >= 4 is 16.9 Å². The van der Waals surface area contributed by atoms with E-state index in [1.54, 1.807) is 18.2 Å². The van der Waals surface area contributed by atoms with Gasteiger partial charge in [-0.15, -0.1) is 6.58 Å². The first-order valence-electron chi connectivity index (χ1n) is 11.6. The lowest BCUT2D eigenvalue weighted by molar-refractivity contribution is 0.0374. The second-order valence-corrected chi connectivity index (χ2v) is 8.34. The summed E-state index contributed by atoms with van der Waals surface area (Å²) in [6.45, 7) is 9.17. The number of amides is 1. The first-order valence-corrected chi connectivity index (χ1v) is 11.6. The molecule has 1 aliphatic heterocycles. The fraction of sp³-hybridized carbons (Fsp3) is 0.346. The third kappa shape index (κ3) is 5.35. The Balaban J connectivity index is 1.43. The van der Waals surface area contributed by atoms with Gasteiger partial charge >= 0.3 is 11.1 Å². The van der Waals surface area contributed by atoms with Gasteiger partial charge in [-0.1, -0.05) is 30.3 Å². The van der Waals surface area contributed by atoms with Crippen LogP contribution in [0.25, 0.3) is 11.0 Å². The molecule has 2 heterocycles. The molecule has 34 heavy (non-hydrogen) atoms. The number of nitrogens with one attached hydrogen (secondary N) is 1. The molecule has 1 fully saturated rings. The van der Waals surface area contributed by atoms with Crippen LogP contribution in [0.3, 0.4) is 0 Å². The van der Waals surface area contributed by atoms with E-state index in [0.29, 0.717) is 23.1 Å². The van der Waals surface area contributed by atoms with Crippen LogP contribution in [-0.4, -0.2) is 59.3 Å². The molecule has 8 heteroatoms. The van der Waals surface area contributed by atoms with Crippen LogP contribution in [0.15, 0.2) is 70.8 Å². The Morgan fingerprint density at radius 3 is 2.29 bits per heavy atom. The number of rotatable bonds is 9. The number of carbonyl (C=O) groups is 1. The van der Waals surface area contributed by atoms with Crippen molar-refractivity contribution in [3.63, 3.8) is 0 Å². The van der Waals surface area contributed by atoms with Gasteiger partial charge in [0.25, 0.3) is 5.91 Å². The van der Waals surface area contributed by atoms with E-state index in [9.17, 15) is 14.4 Å². The van der Waals surface area contributed by atoms with Crippen LogP contribution >= 0.6 is 0 Å². The molecular weight excluding hydrogens is 432 g/mol. The van der Waals surface area contributed by atoms with Crippen LogP contribution in [0.2, 0.25) is 0 Å². The zero-order chi connectivity index (χ0) is 23.9. The van der Waals surface area contributed by atoms with Crippen LogP contribution in [0, 0.1) is 0 Å². The van der Waals surface area contributed by atoms with Gasteiger partial charge in [0, 0.05) is 31.7 Å². The normalized spacial score (nSPS) is 14.2. The summed E-state index contributed by atoms with van der Waals surface area (Å²) in [5.74, 6) is -0.122. The van der Waals surface area contributed by atoms with Crippen molar-refractivity contribution in [1.29, 1.82) is 0 Å². The molecule has 178 valence electrons. The number of aromatic nitrogens is 2. The number of hydrogen-bond acceptors (Lipinski definition) is 5. The summed E-state index contributed by atoms with van der Waals surface area (Å²) in [7, 11) is 0. The van der Waals surface area contributed by atoms with E-state index in [2.05, 4.69) is 16.8 Å². The lowest BCUT2D eigenvalue weighted by atomic mass is 10.1. The molecular formula is C26H30N4O4. The maximum atomic E-state index is 12.8. The molecule has 0 atom stereocenters. The van der Waals surface area contributed by atoms with Crippen molar-refractivity contribution in [1.82, 2.24) is 19.4 Å². The van der Waals surface area contributed by atoms with Gasteiger partial charge in [0.2, 0.25) is 0 Å². The average Bonchev–Trinajstić information content (AvgIpc) is 2.88. The number of hydrogen-bond donors (Lipinski definition) is 1. The Morgan fingerprint density at radius 1 is 0.971 bits per heavy atom. The average molecular weight is 463 g/mol. The van der Waals surface area contributed by atoms with Crippen molar-refractivity contribution < 1.29 is 9.53 Å². The summed E-state index contributed by atoms with van der Waals surface area (Å²) in [5.41, 5.74) is 1.59. The van der Waals surface area contributed by atoms with Crippen LogP contribution in [0.5, 0.6) is 0 Å². The Morgan fingerprint density at radius 2 is 1.62 bits per heavy atom. The van der Waals surface area contributed by atoms with E-state index in [1.165, 1.54) is 9.13 Å². The number of ether oxygens (including phenoxy) is 1. The van der Waals surface area contributed by atoms with Crippen molar-refractivity contribution in [2.45, 2.75) is 19.5 Å². The minimum Gasteiger partial charge on any atom is -0.379 e. The monoisotopic (exact) mass is 462 g/mol. The molecule has 8 nitrogen and oxygen atoms in total. The highest BCUT2D eigenvalue weighted by Crippen LogP contribution is 2.13. The van der Waals surface area contributed by atoms with E-state index < -0.39 is 11.1 Å². The molecule has 1 saturated heterocycles. The number of carbonyl (C=O) groups excluding carboxylic acids is 1. The van der Waals surface area contributed by atoms with Crippen LogP contribution in [0.1, 0.15) is 22.3 Å². The van der Waals surface area contributed by atoms with Crippen molar-refractivity contribution in [3.8, 4) is 0 Å². The zero-order valence-corrected chi connectivity index (χ0v) is 19.2.